The Morgan fingerprint density at radius 1 is 1.13 bits per heavy atom. The quantitative estimate of drug-likeness (QED) is 0.593. The van der Waals surface area contributed by atoms with E-state index in [-0.39, 0.29) is 68.8 Å². The second-order valence-corrected chi connectivity index (χ2v) is 10.4. The summed E-state index contributed by atoms with van der Waals surface area (Å²) in [5, 5.41) is 5.20. The Balaban J connectivity index is 1.53. The molecule has 0 radical (unpaired) electrons. The minimum absolute atomic E-state index is 0.0241. The molecule has 210 valence electrons. The Labute approximate surface area is 222 Å². The summed E-state index contributed by atoms with van der Waals surface area (Å²) in [6.45, 7) is 2.04. The fraction of sp³-hybridized carbons (Fsp3) is 0.667. The van der Waals surface area contributed by atoms with Gasteiger partial charge in [0.25, 0.3) is 5.91 Å². The number of nitrogens with one attached hydrogen (secondary N) is 2. The average Bonchev–Trinajstić information content (AvgIpc) is 3.33. The molecule has 1 aromatic rings. The highest BCUT2D eigenvalue weighted by Crippen LogP contribution is 2.42. The van der Waals surface area contributed by atoms with Gasteiger partial charge >= 0.3 is 6.03 Å². The minimum atomic E-state index is -2.62. The highest BCUT2D eigenvalue weighted by molar-refractivity contribution is 5.99. The molecule has 3 aliphatic rings. The Kier molecular flexibility index (Phi) is 9.19. The predicted octanol–water partition coefficient (Wildman–Crippen LogP) is 3.98. The fourth-order valence-corrected chi connectivity index (χ4v) is 5.93. The largest absolute Gasteiger partial charge is 0.355 e. The van der Waals surface area contributed by atoms with Crippen molar-refractivity contribution in [3.8, 4) is 0 Å². The summed E-state index contributed by atoms with van der Waals surface area (Å²) in [4.78, 5) is 42.4. The molecule has 11 heteroatoms. The second-order valence-electron chi connectivity index (χ2n) is 10.4. The lowest BCUT2D eigenvalue weighted by Gasteiger charge is -2.39. The Bertz CT molecular complexity index is 1010. The summed E-state index contributed by atoms with van der Waals surface area (Å²) < 4.78 is 38.7. The Morgan fingerprint density at radius 2 is 1.89 bits per heavy atom. The van der Waals surface area contributed by atoms with Gasteiger partial charge in [-0.2, -0.15) is 0 Å². The van der Waals surface area contributed by atoms with E-state index < -0.39 is 5.92 Å². The molecule has 2 aliphatic heterocycles. The van der Waals surface area contributed by atoms with Gasteiger partial charge in [-0.3, -0.25) is 9.59 Å². The first kappa shape index (κ1) is 28.2. The van der Waals surface area contributed by atoms with E-state index in [0.29, 0.717) is 42.7 Å². The van der Waals surface area contributed by atoms with Crippen LogP contribution in [0.1, 0.15) is 67.8 Å². The lowest BCUT2D eigenvalue weighted by molar-refractivity contribution is -0.140. The van der Waals surface area contributed by atoms with E-state index >= 15 is 0 Å². The first-order chi connectivity index (χ1) is 18.2. The molecule has 9 nitrogen and oxygen atoms in total. The maximum absolute atomic E-state index is 13.8. The molecule has 2 atom stereocenters. The summed E-state index contributed by atoms with van der Waals surface area (Å²) in [5.74, 6) is -3.11. The van der Waals surface area contributed by atoms with Crippen LogP contribution < -0.4 is 10.6 Å². The van der Waals surface area contributed by atoms with Crippen LogP contribution >= 0.6 is 0 Å². The molecule has 2 fully saturated rings. The molecule has 38 heavy (non-hydrogen) atoms. The van der Waals surface area contributed by atoms with Gasteiger partial charge in [0.2, 0.25) is 11.8 Å². The number of amides is 4. The lowest BCUT2D eigenvalue weighted by Crippen LogP contribution is -2.51. The molecular formula is C27H38F2N4O5. The zero-order valence-electron chi connectivity index (χ0n) is 22.1. The number of urea groups is 1. The van der Waals surface area contributed by atoms with Gasteiger partial charge in [0, 0.05) is 43.2 Å². The van der Waals surface area contributed by atoms with Crippen molar-refractivity contribution in [3.05, 3.63) is 29.3 Å². The van der Waals surface area contributed by atoms with Crippen molar-refractivity contribution in [2.24, 2.45) is 5.92 Å². The third-order valence-electron chi connectivity index (χ3n) is 7.97. The van der Waals surface area contributed by atoms with Crippen LogP contribution in [0.15, 0.2) is 18.2 Å². The number of alkyl halides is 2. The number of fused-ring (bicyclic) bond motifs is 1. The number of anilines is 1. The molecule has 0 aromatic heterocycles. The molecule has 0 bridgehead atoms. The van der Waals surface area contributed by atoms with Gasteiger partial charge in [-0.1, -0.05) is 6.92 Å². The van der Waals surface area contributed by atoms with Gasteiger partial charge in [0.1, 0.15) is 20.1 Å². The van der Waals surface area contributed by atoms with Crippen LogP contribution in [-0.4, -0.2) is 79.4 Å². The zero-order valence-corrected chi connectivity index (χ0v) is 22.1. The number of likely N-dealkylation sites (tertiary alicyclic amines) is 1. The molecule has 2 N–H and O–H groups in total. The number of carbonyl (C=O) groups excluding carboxylic acids is 3. The van der Waals surface area contributed by atoms with E-state index in [2.05, 4.69) is 10.6 Å². The highest BCUT2D eigenvalue weighted by atomic mass is 19.3. The van der Waals surface area contributed by atoms with Gasteiger partial charge in [-0.15, -0.1) is 0 Å². The number of hydrogen-bond donors (Lipinski definition) is 2. The monoisotopic (exact) mass is 536 g/mol. The number of hydrogen-bond acceptors (Lipinski definition) is 5. The van der Waals surface area contributed by atoms with E-state index in [0.717, 1.165) is 19.3 Å². The normalized spacial score (nSPS) is 24.6. The van der Waals surface area contributed by atoms with Crippen LogP contribution in [0, 0.1) is 5.92 Å². The number of benzene rings is 1. The first-order valence-electron chi connectivity index (χ1n) is 13.5. The van der Waals surface area contributed by atoms with Crippen LogP contribution in [0.25, 0.3) is 0 Å². The van der Waals surface area contributed by atoms with Gasteiger partial charge < -0.3 is 29.9 Å². The van der Waals surface area contributed by atoms with Crippen molar-refractivity contribution in [3.63, 3.8) is 0 Å². The summed E-state index contributed by atoms with van der Waals surface area (Å²) >= 11 is 0. The van der Waals surface area contributed by atoms with Crippen molar-refractivity contribution in [2.75, 3.05) is 39.0 Å². The second kappa shape index (κ2) is 12.4. The molecule has 4 amide bonds. The van der Waals surface area contributed by atoms with E-state index in [1.54, 1.807) is 18.2 Å². The molecule has 1 saturated carbocycles. The van der Waals surface area contributed by atoms with E-state index in [1.807, 2.05) is 11.8 Å². The van der Waals surface area contributed by atoms with Crippen molar-refractivity contribution >= 4 is 23.5 Å². The topological polar surface area (TPSA) is 100 Å². The summed E-state index contributed by atoms with van der Waals surface area (Å²) in [7, 11) is 1.51. The first-order valence-corrected chi connectivity index (χ1v) is 13.5. The van der Waals surface area contributed by atoms with E-state index in [1.165, 1.54) is 11.9 Å². The summed E-state index contributed by atoms with van der Waals surface area (Å²) in [6, 6.07) is 4.58. The molecule has 0 spiro atoms. The Hall–Kier alpha value is -2.79. The third kappa shape index (κ3) is 6.61. The molecule has 1 aliphatic carbocycles. The number of rotatable bonds is 5. The summed E-state index contributed by atoms with van der Waals surface area (Å²) in [6.07, 6.45) is 3.35. The molecule has 2 heterocycles. The lowest BCUT2D eigenvalue weighted by atomic mass is 9.81. The van der Waals surface area contributed by atoms with Crippen LogP contribution in [0.4, 0.5) is 19.3 Å². The highest BCUT2D eigenvalue weighted by Gasteiger charge is 2.44. The molecular weight excluding hydrogens is 498 g/mol. The smallest absolute Gasteiger partial charge is 0.318 e. The number of carbonyl (C=O) groups is 3. The SMILES string of the molecule is CC[C@H]1CC[C@@H](C2CCC(F)(F)CC2)N1C(=O)CN1COCOCCc2cc(NC(=O)NC)ccc2C1=O. The molecule has 1 saturated heterocycles. The van der Waals surface area contributed by atoms with Crippen LogP contribution in [0.2, 0.25) is 0 Å². The van der Waals surface area contributed by atoms with Crippen molar-refractivity contribution < 1.29 is 32.6 Å². The molecule has 1 aromatic carbocycles. The zero-order chi connectivity index (χ0) is 27.3. The molecule has 4 rings (SSSR count). The molecule has 0 unspecified atom stereocenters. The maximum Gasteiger partial charge on any atom is 0.318 e. The van der Waals surface area contributed by atoms with E-state index in [4.69, 9.17) is 9.47 Å². The number of halogens is 2. The van der Waals surface area contributed by atoms with Crippen LogP contribution in [-0.2, 0) is 20.7 Å². The van der Waals surface area contributed by atoms with Gasteiger partial charge in [0.15, 0.2) is 0 Å². The van der Waals surface area contributed by atoms with E-state index in [9.17, 15) is 23.2 Å². The van der Waals surface area contributed by atoms with Crippen LogP contribution in [0.5, 0.6) is 0 Å². The average molecular weight is 537 g/mol. The van der Waals surface area contributed by atoms with Crippen molar-refractivity contribution in [2.45, 2.75) is 76.3 Å². The fourth-order valence-electron chi connectivity index (χ4n) is 5.93. The van der Waals surface area contributed by atoms with Crippen LogP contribution in [0.3, 0.4) is 0 Å². The number of nitrogens with zero attached hydrogens (tertiary/aromatic N) is 2. The number of ether oxygens (including phenoxy) is 2. The minimum Gasteiger partial charge on any atom is -0.355 e. The third-order valence-corrected chi connectivity index (χ3v) is 7.97. The predicted molar refractivity (Wildman–Crippen MR) is 137 cm³/mol. The maximum atomic E-state index is 13.8. The Morgan fingerprint density at radius 3 is 2.61 bits per heavy atom. The van der Waals surface area contributed by atoms with Gasteiger partial charge in [0.05, 0.1) is 6.61 Å². The summed E-state index contributed by atoms with van der Waals surface area (Å²) in [5.41, 5.74) is 1.64. The standard InChI is InChI=1S/C27H38F2N4O5/c1-3-21-5-7-23(18-8-11-27(28,29)12-9-18)33(21)24(34)15-32-16-38-17-37-13-10-19-14-20(31-26(36)30-2)4-6-22(19)25(32)35/h4,6,14,18,21,23H,3,5,7-13,15-17H2,1-2H3,(H2,30,31,36)/t21-,23-/m0/s1. The van der Waals surface area contributed by atoms with Gasteiger partial charge in [-0.25, -0.2) is 13.6 Å². The van der Waals surface area contributed by atoms with Gasteiger partial charge in [-0.05, 0) is 68.2 Å². The van der Waals surface area contributed by atoms with Crippen molar-refractivity contribution in [1.82, 2.24) is 15.1 Å². The van der Waals surface area contributed by atoms with Crippen molar-refractivity contribution in [1.29, 1.82) is 0 Å².